The van der Waals surface area contributed by atoms with Crippen molar-refractivity contribution in [2.24, 2.45) is 0 Å². The van der Waals surface area contributed by atoms with Gasteiger partial charge in [0.1, 0.15) is 0 Å². The van der Waals surface area contributed by atoms with Crippen LogP contribution in [0, 0.1) is 0 Å². The van der Waals surface area contributed by atoms with Crippen molar-refractivity contribution in [2.45, 2.75) is 19.9 Å². The minimum atomic E-state index is -0.214. The van der Waals surface area contributed by atoms with E-state index >= 15 is 0 Å². The Hall–Kier alpha value is -2.79. The van der Waals surface area contributed by atoms with Gasteiger partial charge in [-0.15, -0.1) is 0 Å². The number of ether oxygens (including phenoxy) is 1. The molecule has 0 bridgehead atoms. The van der Waals surface area contributed by atoms with Crippen molar-refractivity contribution in [2.75, 3.05) is 20.2 Å². The van der Waals surface area contributed by atoms with Gasteiger partial charge in [-0.05, 0) is 36.2 Å². The fourth-order valence-electron chi connectivity index (χ4n) is 2.89. The molecule has 0 fully saturated rings. The third kappa shape index (κ3) is 4.06. The molecule has 3 rings (SSSR count). The molecule has 0 unspecified atom stereocenters. The lowest BCUT2D eigenvalue weighted by Crippen LogP contribution is -2.25. The molecule has 0 saturated carbocycles. The Balaban J connectivity index is 1.75. The molecule has 1 heterocycles. The van der Waals surface area contributed by atoms with Crippen LogP contribution in [0.3, 0.4) is 0 Å². The standard InChI is InChI=1S/C21H24N2O3/c1-3-22-14-16-9-10-18(25-2)20-17(16)13-19(26-20)21(24)23-12-11-15-7-5-4-6-8-15/h4-10,13,22H,3,11-12,14H2,1-2H3,(H,23,24). The van der Waals surface area contributed by atoms with Gasteiger partial charge in [-0.25, -0.2) is 0 Å². The molecular weight excluding hydrogens is 328 g/mol. The Morgan fingerprint density at radius 1 is 1.15 bits per heavy atom. The third-order valence-electron chi connectivity index (χ3n) is 4.29. The lowest BCUT2D eigenvalue weighted by atomic mass is 10.1. The average Bonchev–Trinajstić information content (AvgIpc) is 3.12. The van der Waals surface area contributed by atoms with Gasteiger partial charge in [-0.3, -0.25) is 4.79 Å². The number of furan rings is 1. The van der Waals surface area contributed by atoms with Crippen LogP contribution >= 0.6 is 0 Å². The summed E-state index contributed by atoms with van der Waals surface area (Å²) in [4.78, 5) is 12.5. The Bertz CT molecular complexity index is 872. The highest BCUT2D eigenvalue weighted by atomic mass is 16.5. The summed E-state index contributed by atoms with van der Waals surface area (Å²) in [6.45, 7) is 4.20. The van der Waals surface area contributed by atoms with E-state index in [2.05, 4.69) is 17.6 Å². The van der Waals surface area contributed by atoms with Crippen LogP contribution in [0.1, 0.15) is 28.6 Å². The molecule has 0 aliphatic heterocycles. The first kappa shape index (κ1) is 18.0. The Labute approximate surface area is 153 Å². The maximum Gasteiger partial charge on any atom is 0.287 e. The third-order valence-corrected chi connectivity index (χ3v) is 4.29. The van der Waals surface area contributed by atoms with E-state index in [0.29, 0.717) is 30.2 Å². The summed E-state index contributed by atoms with van der Waals surface area (Å²) in [6.07, 6.45) is 0.780. The molecule has 0 aliphatic rings. The van der Waals surface area contributed by atoms with Crippen LogP contribution in [0.2, 0.25) is 0 Å². The second-order valence-electron chi connectivity index (χ2n) is 6.05. The second-order valence-corrected chi connectivity index (χ2v) is 6.05. The maximum atomic E-state index is 12.5. The van der Waals surface area contributed by atoms with Crippen LogP contribution in [0.4, 0.5) is 0 Å². The Kier molecular flexibility index (Phi) is 5.92. The normalized spacial score (nSPS) is 10.8. The van der Waals surface area contributed by atoms with Gasteiger partial charge in [0, 0.05) is 18.5 Å². The second kappa shape index (κ2) is 8.54. The fraction of sp³-hybridized carbons (Fsp3) is 0.286. The summed E-state index contributed by atoms with van der Waals surface area (Å²) in [5, 5.41) is 7.12. The number of benzene rings is 2. The highest BCUT2D eigenvalue weighted by Gasteiger charge is 2.17. The molecule has 26 heavy (non-hydrogen) atoms. The van der Waals surface area contributed by atoms with E-state index in [9.17, 15) is 4.79 Å². The van der Waals surface area contributed by atoms with E-state index in [1.807, 2.05) is 42.5 Å². The van der Waals surface area contributed by atoms with E-state index < -0.39 is 0 Å². The molecule has 5 heteroatoms. The number of carbonyl (C=O) groups is 1. The van der Waals surface area contributed by atoms with Crippen molar-refractivity contribution in [3.8, 4) is 5.75 Å². The number of carbonyl (C=O) groups excluding carboxylic acids is 1. The van der Waals surface area contributed by atoms with Crippen LogP contribution in [-0.2, 0) is 13.0 Å². The fourth-order valence-corrected chi connectivity index (χ4v) is 2.89. The van der Waals surface area contributed by atoms with E-state index in [-0.39, 0.29) is 5.91 Å². The van der Waals surface area contributed by atoms with E-state index in [1.165, 1.54) is 5.56 Å². The molecule has 0 saturated heterocycles. The molecule has 1 aromatic heterocycles. The van der Waals surface area contributed by atoms with Crippen molar-refractivity contribution >= 4 is 16.9 Å². The first-order chi connectivity index (χ1) is 12.7. The predicted molar refractivity (Wildman–Crippen MR) is 103 cm³/mol. The summed E-state index contributed by atoms with van der Waals surface area (Å²) in [5.74, 6) is 0.715. The van der Waals surface area contributed by atoms with Gasteiger partial charge in [-0.2, -0.15) is 0 Å². The van der Waals surface area contributed by atoms with Gasteiger partial charge in [0.2, 0.25) is 0 Å². The number of hydrogen-bond acceptors (Lipinski definition) is 4. The smallest absolute Gasteiger partial charge is 0.287 e. The molecule has 5 nitrogen and oxygen atoms in total. The Morgan fingerprint density at radius 3 is 2.69 bits per heavy atom. The molecule has 1 amide bonds. The van der Waals surface area contributed by atoms with Gasteiger partial charge >= 0.3 is 0 Å². The molecule has 0 spiro atoms. The lowest BCUT2D eigenvalue weighted by Gasteiger charge is -2.06. The number of rotatable bonds is 8. The zero-order chi connectivity index (χ0) is 18.4. The monoisotopic (exact) mass is 352 g/mol. The molecule has 2 aromatic carbocycles. The molecule has 0 aliphatic carbocycles. The Morgan fingerprint density at radius 2 is 1.96 bits per heavy atom. The summed E-state index contributed by atoms with van der Waals surface area (Å²) in [7, 11) is 1.60. The SMILES string of the molecule is CCNCc1ccc(OC)c2oc(C(=O)NCCc3ccccc3)cc12. The van der Waals surface area contributed by atoms with Crippen molar-refractivity contribution < 1.29 is 13.9 Å². The zero-order valence-corrected chi connectivity index (χ0v) is 15.2. The topological polar surface area (TPSA) is 63.5 Å². The predicted octanol–water partition coefficient (Wildman–Crippen LogP) is 3.52. The molecule has 3 aromatic rings. The molecule has 0 radical (unpaired) electrons. The summed E-state index contributed by atoms with van der Waals surface area (Å²) in [5.41, 5.74) is 2.87. The minimum absolute atomic E-state index is 0.214. The van der Waals surface area contributed by atoms with Gasteiger partial charge in [0.25, 0.3) is 5.91 Å². The summed E-state index contributed by atoms with van der Waals surface area (Å²) < 4.78 is 11.2. The maximum absolute atomic E-state index is 12.5. The van der Waals surface area contributed by atoms with Crippen LogP contribution in [0.15, 0.2) is 52.9 Å². The number of nitrogens with one attached hydrogen (secondary N) is 2. The number of hydrogen-bond donors (Lipinski definition) is 2. The van der Waals surface area contributed by atoms with Crippen LogP contribution < -0.4 is 15.4 Å². The largest absolute Gasteiger partial charge is 0.493 e. The van der Waals surface area contributed by atoms with Crippen molar-refractivity contribution in [1.29, 1.82) is 0 Å². The van der Waals surface area contributed by atoms with Crippen molar-refractivity contribution in [1.82, 2.24) is 10.6 Å². The first-order valence-corrected chi connectivity index (χ1v) is 8.85. The zero-order valence-electron chi connectivity index (χ0n) is 15.2. The van der Waals surface area contributed by atoms with E-state index in [1.54, 1.807) is 13.2 Å². The average molecular weight is 352 g/mol. The quantitative estimate of drug-likeness (QED) is 0.651. The molecule has 136 valence electrons. The van der Waals surface area contributed by atoms with Crippen LogP contribution in [-0.4, -0.2) is 26.1 Å². The van der Waals surface area contributed by atoms with Gasteiger partial charge < -0.3 is 19.8 Å². The number of fused-ring (bicyclic) bond motifs is 1. The van der Waals surface area contributed by atoms with Crippen molar-refractivity contribution in [3.63, 3.8) is 0 Å². The summed E-state index contributed by atoms with van der Waals surface area (Å²) >= 11 is 0. The highest BCUT2D eigenvalue weighted by Crippen LogP contribution is 2.31. The lowest BCUT2D eigenvalue weighted by molar-refractivity contribution is 0.0928. The van der Waals surface area contributed by atoms with Gasteiger partial charge in [0.05, 0.1) is 7.11 Å². The first-order valence-electron chi connectivity index (χ1n) is 8.85. The van der Waals surface area contributed by atoms with Crippen LogP contribution in [0.5, 0.6) is 5.75 Å². The van der Waals surface area contributed by atoms with E-state index in [4.69, 9.17) is 9.15 Å². The van der Waals surface area contributed by atoms with Gasteiger partial charge in [-0.1, -0.05) is 43.3 Å². The van der Waals surface area contributed by atoms with Gasteiger partial charge in [0.15, 0.2) is 17.1 Å². The highest BCUT2D eigenvalue weighted by molar-refractivity contribution is 5.98. The van der Waals surface area contributed by atoms with Crippen molar-refractivity contribution in [3.05, 3.63) is 65.4 Å². The summed E-state index contributed by atoms with van der Waals surface area (Å²) in [6, 6.07) is 15.7. The molecular formula is C21H24N2O3. The minimum Gasteiger partial charge on any atom is -0.493 e. The molecule has 2 N–H and O–H groups in total. The number of amides is 1. The van der Waals surface area contributed by atoms with E-state index in [0.717, 1.165) is 23.9 Å². The number of methoxy groups -OCH3 is 1. The van der Waals surface area contributed by atoms with Crippen LogP contribution in [0.25, 0.3) is 11.0 Å². The molecule has 0 atom stereocenters.